The van der Waals surface area contributed by atoms with Gasteiger partial charge in [-0.15, -0.1) is 0 Å². The Balaban J connectivity index is 2.69. The van der Waals surface area contributed by atoms with Crippen molar-refractivity contribution in [1.29, 1.82) is 0 Å². The summed E-state index contributed by atoms with van der Waals surface area (Å²) in [5.41, 5.74) is 4.87. The molecule has 1 aromatic rings. The lowest BCUT2D eigenvalue weighted by atomic mass is 9.82. The SMILES string of the molecule is CCC(CC)(CNC(=O)Nc1cccc(C(N)=O)c1)C(=O)O. The standard InChI is InChI=1S/C15H21N3O4/c1-3-15(4-2,13(20)21)9-17-14(22)18-11-7-5-6-10(8-11)12(16)19/h5-8H,3-4,9H2,1-2H3,(H2,16,19)(H,20,21)(H2,17,18,22). The summed E-state index contributed by atoms with van der Waals surface area (Å²) in [7, 11) is 0. The average Bonchev–Trinajstić information content (AvgIpc) is 2.48. The monoisotopic (exact) mass is 307 g/mol. The third-order valence-corrected chi connectivity index (χ3v) is 3.80. The van der Waals surface area contributed by atoms with Gasteiger partial charge in [-0.25, -0.2) is 4.79 Å². The zero-order chi connectivity index (χ0) is 16.8. The number of urea groups is 1. The molecule has 0 fully saturated rings. The van der Waals surface area contributed by atoms with E-state index in [9.17, 15) is 19.5 Å². The van der Waals surface area contributed by atoms with Crippen molar-refractivity contribution in [2.24, 2.45) is 11.1 Å². The molecule has 3 amide bonds. The molecular weight excluding hydrogens is 286 g/mol. The van der Waals surface area contributed by atoms with Gasteiger partial charge in [-0.05, 0) is 31.0 Å². The molecule has 22 heavy (non-hydrogen) atoms. The van der Waals surface area contributed by atoms with Crippen LogP contribution < -0.4 is 16.4 Å². The number of hydrogen-bond acceptors (Lipinski definition) is 3. The van der Waals surface area contributed by atoms with Gasteiger partial charge in [0.15, 0.2) is 0 Å². The molecule has 1 rings (SSSR count). The molecule has 0 aromatic heterocycles. The summed E-state index contributed by atoms with van der Waals surface area (Å²) >= 11 is 0. The van der Waals surface area contributed by atoms with E-state index in [-0.39, 0.29) is 12.1 Å². The summed E-state index contributed by atoms with van der Waals surface area (Å²) < 4.78 is 0. The van der Waals surface area contributed by atoms with Gasteiger partial charge < -0.3 is 21.5 Å². The molecule has 5 N–H and O–H groups in total. The van der Waals surface area contributed by atoms with Crippen LogP contribution in [0.1, 0.15) is 37.0 Å². The number of nitrogens with one attached hydrogen (secondary N) is 2. The number of carbonyl (C=O) groups is 3. The van der Waals surface area contributed by atoms with E-state index in [2.05, 4.69) is 10.6 Å². The number of carbonyl (C=O) groups excluding carboxylic acids is 2. The van der Waals surface area contributed by atoms with E-state index < -0.39 is 23.3 Å². The maximum absolute atomic E-state index is 11.9. The molecule has 7 nitrogen and oxygen atoms in total. The number of benzene rings is 1. The Bertz CT molecular complexity index is 568. The van der Waals surface area contributed by atoms with Crippen LogP contribution in [0.15, 0.2) is 24.3 Å². The first-order chi connectivity index (χ1) is 10.3. The Labute approximate surface area is 128 Å². The first kappa shape index (κ1) is 17.5. The molecule has 120 valence electrons. The summed E-state index contributed by atoms with van der Waals surface area (Å²) in [4.78, 5) is 34.3. The van der Waals surface area contributed by atoms with Crippen molar-refractivity contribution >= 4 is 23.6 Å². The van der Waals surface area contributed by atoms with E-state index in [0.717, 1.165) is 0 Å². The second kappa shape index (κ2) is 7.44. The maximum atomic E-state index is 11.9. The number of nitrogens with two attached hydrogens (primary N) is 1. The number of primary amides is 1. The van der Waals surface area contributed by atoms with Gasteiger partial charge in [0.1, 0.15) is 0 Å². The van der Waals surface area contributed by atoms with Crippen molar-refractivity contribution in [2.45, 2.75) is 26.7 Å². The van der Waals surface area contributed by atoms with E-state index in [0.29, 0.717) is 18.5 Å². The lowest BCUT2D eigenvalue weighted by molar-refractivity contribution is -0.149. The smallest absolute Gasteiger partial charge is 0.319 e. The molecule has 0 radical (unpaired) electrons. The fraction of sp³-hybridized carbons (Fsp3) is 0.400. The minimum Gasteiger partial charge on any atom is -0.481 e. The largest absolute Gasteiger partial charge is 0.481 e. The molecule has 0 aliphatic carbocycles. The van der Waals surface area contributed by atoms with Crippen LogP contribution in [-0.4, -0.2) is 29.6 Å². The van der Waals surface area contributed by atoms with Gasteiger partial charge in [-0.1, -0.05) is 19.9 Å². The molecule has 0 aliphatic heterocycles. The Hall–Kier alpha value is -2.57. The Morgan fingerprint density at radius 2 is 1.86 bits per heavy atom. The van der Waals surface area contributed by atoms with Crippen LogP contribution in [-0.2, 0) is 4.79 Å². The van der Waals surface area contributed by atoms with Crippen molar-refractivity contribution in [3.8, 4) is 0 Å². The second-order valence-corrected chi connectivity index (χ2v) is 5.05. The molecule has 0 atom stereocenters. The van der Waals surface area contributed by atoms with Crippen LogP contribution in [0.5, 0.6) is 0 Å². The molecule has 0 aliphatic rings. The second-order valence-electron chi connectivity index (χ2n) is 5.05. The first-order valence-corrected chi connectivity index (χ1v) is 7.02. The number of anilines is 1. The van der Waals surface area contributed by atoms with Crippen LogP contribution in [0.4, 0.5) is 10.5 Å². The number of carboxylic acids is 1. The number of amides is 3. The highest BCUT2D eigenvalue weighted by atomic mass is 16.4. The molecule has 0 spiro atoms. The van der Waals surface area contributed by atoms with E-state index in [1.807, 2.05) is 0 Å². The molecule has 0 bridgehead atoms. The summed E-state index contributed by atoms with van der Waals surface area (Å²) in [6.07, 6.45) is 0.826. The van der Waals surface area contributed by atoms with Gasteiger partial charge in [0.25, 0.3) is 0 Å². The van der Waals surface area contributed by atoms with E-state index >= 15 is 0 Å². The van der Waals surface area contributed by atoms with Crippen LogP contribution >= 0.6 is 0 Å². The predicted octanol–water partition coefficient (Wildman–Crippen LogP) is 1.80. The quantitative estimate of drug-likeness (QED) is 0.613. The summed E-state index contributed by atoms with van der Waals surface area (Å²) in [6, 6.07) is 5.65. The molecule has 0 heterocycles. The van der Waals surface area contributed by atoms with Crippen molar-refractivity contribution in [3.05, 3.63) is 29.8 Å². The fourth-order valence-electron chi connectivity index (χ4n) is 2.05. The van der Waals surface area contributed by atoms with Crippen LogP contribution in [0.2, 0.25) is 0 Å². The molecule has 7 heteroatoms. The number of hydrogen-bond donors (Lipinski definition) is 4. The molecule has 1 aromatic carbocycles. The maximum Gasteiger partial charge on any atom is 0.319 e. The number of aliphatic carboxylic acids is 1. The van der Waals surface area contributed by atoms with Crippen molar-refractivity contribution in [1.82, 2.24) is 5.32 Å². The van der Waals surface area contributed by atoms with Gasteiger partial charge in [0.2, 0.25) is 5.91 Å². The Morgan fingerprint density at radius 3 is 2.36 bits per heavy atom. The molecule has 0 saturated heterocycles. The summed E-state index contributed by atoms with van der Waals surface area (Å²) in [6.45, 7) is 3.57. The zero-order valence-corrected chi connectivity index (χ0v) is 12.7. The fourth-order valence-corrected chi connectivity index (χ4v) is 2.05. The molecule has 0 unspecified atom stereocenters. The third kappa shape index (κ3) is 4.21. The van der Waals surface area contributed by atoms with E-state index in [1.54, 1.807) is 26.0 Å². The highest BCUT2D eigenvalue weighted by molar-refractivity contribution is 5.96. The van der Waals surface area contributed by atoms with Crippen LogP contribution in [0.25, 0.3) is 0 Å². The van der Waals surface area contributed by atoms with E-state index in [1.165, 1.54) is 12.1 Å². The Morgan fingerprint density at radius 1 is 1.23 bits per heavy atom. The molecule has 0 saturated carbocycles. The minimum atomic E-state index is -0.980. The zero-order valence-electron chi connectivity index (χ0n) is 12.7. The summed E-state index contributed by atoms with van der Waals surface area (Å²) in [5, 5.41) is 14.4. The van der Waals surface area contributed by atoms with Crippen LogP contribution in [0, 0.1) is 5.41 Å². The topological polar surface area (TPSA) is 122 Å². The predicted molar refractivity (Wildman–Crippen MR) is 82.6 cm³/mol. The van der Waals surface area contributed by atoms with Gasteiger partial charge in [-0.2, -0.15) is 0 Å². The lowest BCUT2D eigenvalue weighted by Crippen LogP contribution is -2.43. The average molecular weight is 307 g/mol. The number of carboxylic acid groups (broad SMARTS) is 1. The van der Waals surface area contributed by atoms with E-state index in [4.69, 9.17) is 5.73 Å². The lowest BCUT2D eigenvalue weighted by Gasteiger charge is -2.26. The minimum absolute atomic E-state index is 0.0245. The van der Waals surface area contributed by atoms with Gasteiger partial charge in [0.05, 0.1) is 5.41 Å². The van der Waals surface area contributed by atoms with Crippen molar-refractivity contribution < 1.29 is 19.5 Å². The van der Waals surface area contributed by atoms with Crippen molar-refractivity contribution in [3.63, 3.8) is 0 Å². The normalized spacial score (nSPS) is 10.8. The number of rotatable bonds is 7. The third-order valence-electron chi connectivity index (χ3n) is 3.80. The summed E-state index contributed by atoms with van der Waals surface area (Å²) in [5.74, 6) is -1.53. The first-order valence-electron chi connectivity index (χ1n) is 7.02. The highest BCUT2D eigenvalue weighted by Crippen LogP contribution is 2.25. The molecular formula is C15H21N3O4. The Kier molecular flexibility index (Phi) is 5.91. The highest BCUT2D eigenvalue weighted by Gasteiger charge is 2.35. The van der Waals surface area contributed by atoms with Crippen LogP contribution in [0.3, 0.4) is 0 Å². The van der Waals surface area contributed by atoms with Crippen molar-refractivity contribution in [2.75, 3.05) is 11.9 Å². The van der Waals surface area contributed by atoms with Gasteiger partial charge in [0, 0.05) is 17.8 Å². The van der Waals surface area contributed by atoms with Gasteiger partial charge >= 0.3 is 12.0 Å². The van der Waals surface area contributed by atoms with Gasteiger partial charge in [-0.3, -0.25) is 9.59 Å².